The molecule has 0 N–H and O–H groups in total. The van der Waals surface area contributed by atoms with Gasteiger partial charge in [0.15, 0.2) is 0 Å². The first kappa shape index (κ1) is 37.4. The van der Waals surface area contributed by atoms with E-state index in [4.69, 9.17) is 0 Å². The maximum absolute atomic E-state index is 2.59. The predicted octanol–water partition coefficient (Wildman–Crippen LogP) is 8.29. The molecule has 3 fully saturated rings. The maximum Gasteiger partial charge on any atom is 0.000438 e. The zero-order valence-corrected chi connectivity index (χ0v) is 21.8. The van der Waals surface area contributed by atoms with E-state index in [-0.39, 0.29) is 22.3 Å². The molecule has 3 saturated heterocycles. The minimum absolute atomic E-state index is 0. The smallest absolute Gasteiger partial charge is 0.000438 e. The van der Waals surface area contributed by atoms with Crippen LogP contribution in [0.4, 0.5) is 0 Å². The summed E-state index contributed by atoms with van der Waals surface area (Å²) in [5.41, 5.74) is 0. The molecule has 0 atom stereocenters. The van der Waals surface area contributed by atoms with Gasteiger partial charge in [0.1, 0.15) is 0 Å². The average molecular weight is 472 g/mol. The second kappa shape index (κ2) is 23.6. The highest BCUT2D eigenvalue weighted by atomic mass is 15.1. The molecule has 3 rings (SSSR count). The first-order valence-electron chi connectivity index (χ1n) is 13.5. The van der Waals surface area contributed by atoms with Gasteiger partial charge in [-0.25, -0.2) is 0 Å². The van der Waals surface area contributed by atoms with Gasteiger partial charge in [0.25, 0.3) is 0 Å². The molecule has 0 aliphatic carbocycles. The lowest BCUT2D eigenvalue weighted by Crippen LogP contribution is -2.32. The van der Waals surface area contributed by atoms with E-state index in [0.29, 0.717) is 0 Å². The van der Waals surface area contributed by atoms with Crippen molar-refractivity contribution in [3.8, 4) is 0 Å². The van der Waals surface area contributed by atoms with Crippen molar-refractivity contribution in [2.24, 2.45) is 17.8 Å². The summed E-state index contributed by atoms with van der Waals surface area (Å²) in [6.07, 6.45) is 12.9. The molecule has 3 nitrogen and oxygen atoms in total. The summed E-state index contributed by atoms with van der Waals surface area (Å²) in [6, 6.07) is 0. The Morgan fingerprint density at radius 2 is 0.545 bits per heavy atom. The van der Waals surface area contributed by atoms with Crippen molar-refractivity contribution in [3.05, 3.63) is 0 Å². The van der Waals surface area contributed by atoms with Crippen LogP contribution in [-0.4, -0.2) is 73.6 Å². The van der Waals surface area contributed by atoms with Crippen molar-refractivity contribution in [2.75, 3.05) is 58.9 Å². The monoisotopic (exact) mass is 472 g/mol. The van der Waals surface area contributed by atoms with Crippen molar-refractivity contribution in [1.82, 2.24) is 14.7 Å². The average Bonchev–Trinajstić information content (AvgIpc) is 2.70. The van der Waals surface area contributed by atoms with Crippen molar-refractivity contribution in [1.29, 1.82) is 0 Å². The van der Waals surface area contributed by atoms with E-state index < -0.39 is 0 Å². The van der Waals surface area contributed by atoms with Crippen LogP contribution in [0.2, 0.25) is 0 Å². The van der Waals surface area contributed by atoms with Crippen LogP contribution in [0.25, 0.3) is 0 Å². The van der Waals surface area contributed by atoms with Gasteiger partial charge in [0.2, 0.25) is 0 Å². The molecule has 3 heterocycles. The predicted molar refractivity (Wildman–Crippen MR) is 156 cm³/mol. The first-order valence-corrected chi connectivity index (χ1v) is 13.5. The van der Waals surface area contributed by atoms with Gasteiger partial charge in [-0.15, -0.1) is 0 Å². The van der Waals surface area contributed by atoms with Gasteiger partial charge >= 0.3 is 0 Å². The SMILES string of the molecule is C.C.C.CC(C)CN1CCCCC1.CC(C)CN1CCCCC1.CC(C)CN1CCCCC1. The molecule has 204 valence electrons. The fraction of sp³-hybridized carbons (Fsp3) is 1.00. The molecule has 33 heavy (non-hydrogen) atoms. The van der Waals surface area contributed by atoms with Gasteiger partial charge in [-0.3, -0.25) is 0 Å². The van der Waals surface area contributed by atoms with Gasteiger partial charge in [0.05, 0.1) is 0 Å². The van der Waals surface area contributed by atoms with Crippen molar-refractivity contribution in [2.45, 2.75) is 122 Å². The zero-order valence-electron chi connectivity index (χ0n) is 21.8. The maximum atomic E-state index is 2.59. The molecule has 0 radical (unpaired) electrons. The normalized spacial score (nSPS) is 19.9. The fourth-order valence-corrected chi connectivity index (χ4v) is 4.98. The van der Waals surface area contributed by atoms with Crippen LogP contribution in [0.15, 0.2) is 0 Å². The molecule has 0 spiro atoms. The van der Waals surface area contributed by atoms with Crippen molar-refractivity contribution in [3.63, 3.8) is 0 Å². The first-order chi connectivity index (χ1) is 14.4. The molecular formula is C30H69N3. The Balaban J connectivity index is -0.000000391. The Hall–Kier alpha value is -0.120. The summed E-state index contributed by atoms with van der Waals surface area (Å²) < 4.78 is 0. The van der Waals surface area contributed by atoms with Crippen LogP contribution in [-0.2, 0) is 0 Å². The van der Waals surface area contributed by atoms with E-state index in [1.165, 1.54) is 117 Å². The molecule has 0 unspecified atom stereocenters. The van der Waals surface area contributed by atoms with Gasteiger partial charge in [-0.2, -0.15) is 0 Å². The highest BCUT2D eigenvalue weighted by Crippen LogP contribution is 2.11. The minimum atomic E-state index is 0. The van der Waals surface area contributed by atoms with Gasteiger partial charge in [-0.1, -0.05) is 83.1 Å². The van der Waals surface area contributed by atoms with E-state index in [2.05, 4.69) is 56.2 Å². The lowest BCUT2D eigenvalue weighted by molar-refractivity contribution is 0.206. The summed E-state index contributed by atoms with van der Waals surface area (Å²) in [5, 5.41) is 0. The number of rotatable bonds is 6. The van der Waals surface area contributed by atoms with Crippen LogP contribution in [0.5, 0.6) is 0 Å². The van der Waals surface area contributed by atoms with Gasteiger partial charge in [0, 0.05) is 19.6 Å². The molecule has 0 aromatic heterocycles. The quantitative estimate of drug-likeness (QED) is 0.385. The van der Waals surface area contributed by atoms with E-state index in [1.54, 1.807) is 0 Å². The van der Waals surface area contributed by atoms with Gasteiger partial charge < -0.3 is 14.7 Å². The molecular weight excluding hydrogens is 402 g/mol. The summed E-state index contributed by atoms with van der Waals surface area (Å²) in [5.74, 6) is 2.54. The summed E-state index contributed by atoms with van der Waals surface area (Å²) in [6.45, 7) is 25.8. The molecule has 3 aliphatic rings. The Labute approximate surface area is 213 Å². The standard InChI is InChI=1S/3C9H19N.3CH4/c3*1-9(2)8-10-6-4-3-5-7-10;;;/h3*9H,3-8H2,1-2H3;3*1H4. The number of nitrogens with zero attached hydrogens (tertiary/aromatic N) is 3. The Kier molecular flexibility index (Phi) is 26.8. The van der Waals surface area contributed by atoms with Crippen LogP contribution in [0.1, 0.15) is 122 Å². The van der Waals surface area contributed by atoms with E-state index in [9.17, 15) is 0 Å². The van der Waals surface area contributed by atoms with E-state index in [1.807, 2.05) is 0 Å². The van der Waals surface area contributed by atoms with Gasteiger partial charge in [-0.05, 0) is 95.5 Å². The number of hydrogen-bond donors (Lipinski definition) is 0. The number of hydrogen-bond acceptors (Lipinski definition) is 3. The van der Waals surface area contributed by atoms with E-state index >= 15 is 0 Å². The summed E-state index contributed by atoms with van der Waals surface area (Å²) >= 11 is 0. The van der Waals surface area contributed by atoms with E-state index in [0.717, 1.165) is 17.8 Å². The molecule has 0 amide bonds. The van der Waals surface area contributed by atoms with Crippen LogP contribution < -0.4 is 0 Å². The lowest BCUT2D eigenvalue weighted by atomic mass is 10.1. The highest BCUT2D eigenvalue weighted by Gasteiger charge is 2.11. The third kappa shape index (κ3) is 22.1. The Bertz CT molecular complexity index is 306. The topological polar surface area (TPSA) is 9.72 Å². The van der Waals surface area contributed by atoms with Crippen LogP contribution >= 0.6 is 0 Å². The molecule has 0 bridgehead atoms. The zero-order chi connectivity index (χ0) is 22.2. The summed E-state index contributed by atoms with van der Waals surface area (Å²) in [4.78, 5) is 7.77. The van der Waals surface area contributed by atoms with Crippen molar-refractivity contribution < 1.29 is 0 Å². The Morgan fingerprint density at radius 3 is 0.697 bits per heavy atom. The van der Waals surface area contributed by atoms with Crippen LogP contribution in [0.3, 0.4) is 0 Å². The number of piperidine rings is 3. The molecule has 0 saturated carbocycles. The molecule has 0 aromatic carbocycles. The number of likely N-dealkylation sites (tertiary alicyclic amines) is 3. The molecule has 3 heteroatoms. The molecule has 3 aliphatic heterocycles. The Morgan fingerprint density at radius 1 is 0.364 bits per heavy atom. The van der Waals surface area contributed by atoms with Crippen molar-refractivity contribution >= 4 is 0 Å². The molecule has 0 aromatic rings. The van der Waals surface area contributed by atoms with Crippen LogP contribution in [0, 0.1) is 17.8 Å². The largest absolute Gasteiger partial charge is 0.303 e. The third-order valence-electron chi connectivity index (χ3n) is 6.22. The highest BCUT2D eigenvalue weighted by molar-refractivity contribution is 4.67. The minimum Gasteiger partial charge on any atom is -0.303 e. The fourth-order valence-electron chi connectivity index (χ4n) is 4.98. The second-order valence-electron chi connectivity index (χ2n) is 11.3. The third-order valence-corrected chi connectivity index (χ3v) is 6.22. The lowest BCUT2D eigenvalue weighted by Gasteiger charge is -2.27. The second-order valence-corrected chi connectivity index (χ2v) is 11.3. The summed E-state index contributed by atoms with van der Waals surface area (Å²) in [7, 11) is 0.